The Labute approximate surface area is 149 Å². The molecule has 1 saturated heterocycles. The molecule has 0 bridgehead atoms. The van der Waals surface area contributed by atoms with E-state index in [2.05, 4.69) is 29.3 Å². The Hall–Kier alpha value is -2.21. The summed E-state index contributed by atoms with van der Waals surface area (Å²) in [6.07, 6.45) is 5.00. The van der Waals surface area contributed by atoms with Gasteiger partial charge in [-0.2, -0.15) is 0 Å². The van der Waals surface area contributed by atoms with Crippen LogP contribution in [0.1, 0.15) is 18.4 Å². The van der Waals surface area contributed by atoms with Crippen molar-refractivity contribution in [2.24, 2.45) is 0 Å². The van der Waals surface area contributed by atoms with Crippen molar-refractivity contribution in [2.45, 2.75) is 25.3 Å². The van der Waals surface area contributed by atoms with Gasteiger partial charge in [0.2, 0.25) is 0 Å². The van der Waals surface area contributed by atoms with Crippen LogP contribution in [0.25, 0.3) is 10.9 Å². The minimum absolute atomic E-state index is 0.0401. The van der Waals surface area contributed by atoms with Gasteiger partial charge in [-0.15, -0.1) is 0 Å². The highest BCUT2D eigenvalue weighted by Gasteiger charge is 2.24. The van der Waals surface area contributed by atoms with Gasteiger partial charge in [0.1, 0.15) is 5.75 Å². The second-order valence-corrected chi connectivity index (χ2v) is 6.88. The first-order valence-corrected chi connectivity index (χ1v) is 8.92. The van der Waals surface area contributed by atoms with Gasteiger partial charge in [0.15, 0.2) is 0 Å². The first-order chi connectivity index (χ1) is 12.1. The number of hydrogen-bond acceptors (Lipinski definition) is 3. The Morgan fingerprint density at radius 1 is 1.44 bits per heavy atom. The molecule has 1 fully saturated rings. The Morgan fingerprint density at radius 3 is 3.04 bits per heavy atom. The predicted octanol–water partition coefficient (Wildman–Crippen LogP) is 2.45. The van der Waals surface area contributed by atoms with E-state index in [1.54, 1.807) is 7.11 Å². The topological polar surface area (TPSA) is 60.6 Å². The Balaban J connectivity index is 1.57. The van der Waals surface area contributed by atoms with E-state index >= 15 is 0 Å². The van der Waals surface area contributed by atoms with Crippen molar-refractivity contribution in [1.82, 2.24) is 20.1 Å². The summed E-state index contributed by atoms with van der Waals surface area (Å²) < 4.78 is 5.46. The van der Waals surface area contributed by atoms with E-state index in [0.717, 1.165) is 54.6 Å². The van der Waals surface area contributed by atoms with E-state index in [1.165, 1.54) is 0 Å². The van der Waals surface area contributed by atoms with Crippen LogP contribution in [0.4, 0.5) is 4.79 Å². The summed E-state index contributed by atoms with van der Waals surface area (Å²) in [6.45, 7) is 2.27. The average molecular weight is 344 g/mol. The molecule has 1 aliphatic heterocycles. The van der Waals surface area contributed by atoms with Gasteiger partial charge in [0, 0.05) is 42.8 Å². The molecule has 2 aromatic rings. The van der Waals surface area contributed by atoms with Crippen molar-refractivity contribution in [1.29, 1.82) is 0 Å². The first-order valence-electron chi connectivity index (χ1n) is 8.92. The molecule has 0 spiro atoms. The maximum Gasteiger partial charge on any atom is 0.317 e. The van der Waals surface area contributed by atoms with Gasteiger partial charge in [-0.3, -0.25) is 0 Å². The number of aromatic amines is 1. The van der Waals surface area contributed by atoms with Crippen LogP contribution in [0.2, 0.25) is 0 Å². The number of nitrogens with zero attached hydrogens (tertiary/aromatic N) is 2. The molecule has 1 aromatic heterocycles. The molecule has 1 atom stereocenters. The van der Waals surface area contributed by atoms with Gasteiger partial charge in [0.05, 0.1) is 7.11 Å². The number of likely N-dealkylation sites (tertiary alicyclic amines) is 1. The Kier molecular flexibility index (Phi) is 5.48. The fraction of sp³-hybridized carbons (Fsp3) is 0.526. The molecule has 2 amide bonds. The fourth-order valence-electron chi connectivity index (χ4n) is 3.56. The van der Waals surface area contributed by atoms with Crippen LogP contribution in [0.3, 0.4) is 0 Å². The number of likely N-dealkylation sites (N-methyl/N-ethyl adjacent to an activating group) is 1. The number of methoxy groups -OCH3 is 1. The Morgan fingerprint density at radius 2 is 2.28 bits per heavy atom. The average Bonchev–Trinajstić information content (AvgIpc) is 3.05. The number of carbonyl (C=O) groups is 1. The summed E-state index contributed by atoms with van der Waals surface area (Å²) in [5.74, 6) is 0.866. The molecule has 1 aromatic carbocycles. The number of nitrogens with one attached hydrogen (secondary N) is 2. The molecule has 25 heavy (non-hydrogen) atoms. The lowest BCUT2D eigenvalue weighted by Crippen LogP contribution is -2.50. The number of hydrogen-bond donors (Lipinski definition) is 2. The molecule has 136 valence electrons. The lowest BCUT2D eigenvalue weighted by Gasteiger charge is -2.36. The van der Waals surface area contributed by atoms with Crippen LogP contribution in [-0.4, -0.2) is 67.7 Å². The van der Waals surface area contributed by atoms with E-state index in [4.69, 9.17) is 4.74 Å². The van der Waals surface area contributed by atoms with Gasteiger partial charge in [-0.1, -0.05) is 6.07 Å². The number of aromatic nitrogens is 1. The highest BCUT2D eigenvalue weighted by molar-refractivity contribution is 5.89. The lowest BCUT2D eigenvalue weighted by molar-refractivity contribution is 0.140. The van der Waals surface area contributed by atoms with Crippen LogP contribution in [0.15, 0.2) is 24.4 Å². The summed E-state index contributed by atoms with van der Waals surface area (Å²) >= 11 is 0. The second kappa shape index (κ2) is 7.78. The van der Waals surface area contributed by atoms with E-state index in [9.17, 15) is 4.79 Å². The summed E-state index contributed by atoms with van der Waals surface area (Å²) in [6, 6.07) is 6.47. The normalized spacial score (nSPS) is 17.9. The van der Waals surface area contributed by atoms with E-state index in [1.807, 2.05) is 29.3 Å². The molecule has 3 rings (SSSR count). The maximum absolute atomic E-state index is 12.4. The zero-order chi connectivity index (χ0) is 17.8. The molecule has 0 aliphatic carbocycles. The number of H-pyrrole nitrogens is 1. The standard InChI is InChI=1S/C19H28N4O2/c1-22(2)15-6-5-11-23(13-15)19(24)20-10-9-14-12-21-16-7-4-8-17(25-3)18(14)16/h4,7-8,12,15,21H,5-6,9-11,13H2,1-3H3,(H,20,24)/t15-/m0/s1. The van der Waals surface area contributed by atoms with Gasteiger partial charge in [-0.05, 0) is 51.1 Å². The largest absolute Gasteiger partial charge is 0.496 e. The van der Waals surface area contributed by atoms with E-state index < -0.39 is 0 Å². The zero-order valence-electron chi connectivity index (χ0n) is 15.3. The summed E-state index contributed by atoms with van der Waals surface area (Å²) in [5.41, 5.74) is 2.23. The van der Waals surface area contributed by atoms with Crippen LogP contribution in [0.5, 0.6) is 5.75 Å². The van der Waals surface area contributed by atoms with Crippen molar-refractivity contribution in [3.8, 4) is 5.75 Å². The van der Waals surface area contributed by atoms with E-state index in [-0.39, 0.29) is 6.03 Å². The smallest absolute Gasteiger partial charge is 0.317 e. The zero-order valence-corrected chi connectivity index (χ0v) is 15.3. The van der Waals surface area contributed by atoms with Crippen molar-refractivity contribution in [2.75, 3.05) is 40.8 Å². The minimum atomic E-state index is 0.0401. The number of benzene rings is 1. The third-order valence-corrected chi connectivity index (χ3v) is 5.05. The quantitative estimate of drug-likeness (QED) is 0.876. The predicted molar refractivity (Wildman–Crippen MR) is 100 cm³/mol. The van der Waals surface area contributed by atoms with E-state index in [0.29, 0.717) is 12.6 Å². The molecule has 2 N–H and O–H groups in total. The Bertz CT molecular complexity index is 725. The van der Waals surface area contributed by atoms with Crippen LogP contribution in [0, 0.1) is 0 Å². The summed E-state index contributed by atoms with van der Waals surface area (Å²) in [5, 5.41) is 4.17. The van der Waals surface area contributed by atoms with Crippen LogP contribution < -0.4 is 10.1 Å². The molecule has 6 heteroatoms. The molecule has 2 heterocycles. The SMILES string of the molecule is COc1cccc2[nH]cc(CCNC(=O)N3CCC[C@H](N(C)C)C3)c12. The molecule has 0 saturated carbocycles. The molecule has 1 aliphatic rings. The first kappa shape index (κ1) is 17.6. The van der Waals surface area contributed by atoms with Crippen molar-refractivity contribution < 1.29 is 9.53 Å². The number of piperidine rings is 1. The van der Waals surface area contributed by atoms with Gasteiger partial charge in [-0.25, -0.2) is 4.79 Å². The molecule has 6 nitrogen and oxygen atoms in total. The number of urea groups is 1. The van der Waals surface area contributed by atoms with Crippen molar-refractivity contribution >= 4 is 16.9 Å². The third-order valence-electron chi connectivity index (χ3n) is 5.05. The molecular weight excluding hydrogens is 316 g/mol. The number of rotatable bonds is 5. The summed E-state index contributed by atoms with van der Waals surface area (Å²) in [4.78, 5) is 19.9. The second-order valence-electron chi connectivity index (χ2n) is 6.88. The highest BCUT2D eigenvalue weighted by atomic mass is 16.5. The van der Waals surface area contributed by atoms with Crippen molar-refractivity contribution in [3.63, 3.8) is 0 Å². The summed E-state index contributed by atoms with van der Waals surface area (Å²) in [7, 11) is 5.85. The van der Waals surface area contributed by atoms with Crippen LogP contribution >= 0.6 is 0 Å². The number of ether oxygens (including phenoxy) is 1. The minimum Gasteiger partial charge on any atom is -0.496 e. The van der Waals surface area contributed by atoms with Gasteiger partial charge >= 0.3 is 6.03 Å². The van der Waals surface area contributed by atoms with Crippen LogP contribution in [-0.2, 0) is 6.42 Å². The molecular formula is C19H28N4O2. The van der Waals surface area contributed by atoms with Crippen molar-refractivity contribution in [3.05, 3.63) is 30.0 Å². The number of carbonyl (C=O) groups excluding carboxylic acids is 1. The molecule has 0 unspecified atom stereocenters. The lowest BCUT2D eigenvalue weighted by atomic mass is 10.1. The molecule has 0 radical (unpaired) electrons. The fourth-order valence-corrected chi connectivity index (χ4v) is 3.56. The monoisotopic (exact) mass is 344 g/mol. The third kappa shape index (κ3) is 3.90. The number of fused-ring (bicyclic) bond motifs is 1. The number of amides is 2. The highest BCUT2D eigenvalue weighted by Crippen LogP contribution is 2.28. The van der Waals surface area contributed by atoms with Gasteiger partial charge < -0.3 is 24.8 Å². The maximum atomic E-state index is 12.4. The van der Waals surface area contributed by atoms with Gasteiger partial charge in [0.25, 0.3) is 0 Å².